The molecule has 0 heterocycles. The summed E-state index contributed by atoms with van der Waals surface area (Å²) in [5.41, 5.74) is -0.0705. The fraction of sp³-hybridized carbons (Fsp3) is 0.467. The molecule has 0 fully saturated rings. The molecule has 0 N–H and O–H groups in total. The third kappa shape index (κ3) is 2.11. The van der Waals surface area contributed by atoms with Crippen molar-refractivity contribution in [2.24, 2.45) is 5.41 Å². The standard InChI is InChI=1S/C15H19NO2/c1-11-6-8-12(9-7-11)15(10-16,13(17)18-5)14(2,3)4/h6-9H,1-5H3. The number of rotatable bonds is 2. The summed E-state index contributed by atoms with van der Waals surface area (Å²) in [4.78, 5) is 12.2. The average Bonchev–Trinajstić information content (AvgIpc) is 2.30. The van der Waals surface area contributed by atoms with E-state index in [1.807, 2.05) is 52.0 Å². The number of carbonyl (C=O) groups excluding carboxylic acids is 1. The van der Waals surface area contributed by atoms with Gasteiger partial charge in [0.05, 0.1) is 13.2 Å². The first-order valence-corrected chi connectivity index (χ1v) is 5.86. The van der Waals surface area contributed by atoms with E-state index in [1.54, 1.807) is 0 Å². The minimum Gasteiger partial charge on any atom is -0.468 e. The molecule has 0 radical (unpaired) electrons. The molecule has 0 saturated carbocycles. The van der Waals surface area contributed by atoms with Crippen molar-refractivity contribution in [1.29, 1.82) is 5.26 Å². The van der Waals surface area contributed by atoms with Gasteiger partial charge in [-0.15, -0.1) is 0 Å². The molecule has 1 unspecified atom stereocenters. The Morgan fingerprint density at radius 3 is 2.06 bits per heavy atom. The van der Waals surface area contributed by atoms with Gasteiger partial charge in [0.1, 0.15) is 0 Å². The highest BCUT2D eigenvalue weighted by molar-refractivity contribution is 5.87. The first-order valence-electron chi connectivity index (χ1n) is 5.86. The van der Waals surface area contributed by atoms with Crippen LogP contribution in [-0.4, -0.2) is 13.1 Å². The van der Waals surface area contributed by atoms with Crippen molar-refractivity contribution in [2.45, 2.75) is 33.1 Å². The number of ether oxygens (including phenoxy) is 1. The number of methoxy groups -OCH3 is 1. The summed E-state index contributed by atoms with van der Waals surface area (Å²) in [7, 11) is 1.31. The Bertz CT molecular complexity index is 477. The Labute approximate surface area is 108 Å². The lowest BCUT2D eigenvalue weighted by molar-refractivity contribution is -0.149. The van der Waals surface area contributed by atoms with Gasteiger partial charge in [-0.25, -0.2) is 4.79 Å². The van der Waals surface area contributed by atoms with Crippen LogP contribution in [0.2, 0.25) is 0 Å². The van der Waals surface area contributed by atoms with Crippen molar-refractivity contribution >= 4 is 5.97 Å². The zero-order valence-electron chi connectivity index (χ0n) is 11.6. The highest BCUT2D eigenvalue weighted by atomic mass is 16.5. The van der Waals surface area contributed by atoms with E-state index in [0.29, 0.717) is 5.56 Å². The number of hydrogen-bond donors (Lipinski definition) is 0. The van der Waals surface area contributed by atoms with Gasteiger partial charge in [-0.3, -0.25) is 0 Å². The molecular weight excluding hydrogens is 226 g/mol. The Morgan fingerprint density at radius 2 is 1.72 bits per heavy atom. The third-order valence-corrected chi connectivity index (χ3v) is 3.27. The van der Waals surface area contributed by atoms with Crippen LogP contribution in [0, 0.1) is 23.7 Å². The SMILES string of the molecule is COC(=O)C(C#N)(c1ccc(C)cc1)C(C)(C)C. The predicted octanol–water partition coefficient (Wildman–Crippen LogP) is 2.98. The molecule has 1 aromatic rings. The van der Waals surface area contributed by atoms with Crippen LogP contribution in [0.25, 0.3) is 0 Å². The van der Waals surface area contributed by atoms with Crippen LogP contribution >= 0.6 is 0 Å². The number of nitriles is 1. The molecule has 1 rings (SSSR count). The molecule has 0 amide bonds. The summed E-state index contributed by atoms with van der Waals surface area (Å²) in [6.07, 6.45) is 0. The minimum atomic E-state index is -1.28. The first-order chi connectivity index (χ1) is 8.29. The van der Waals surface area contributed by atoms with Crippen LogP contribution in [0.4, 0.5) is 0 Å². The lowest BCUT2D eigenvalue weighted by Crippen LogP contribution is -2.46. The number of benzene rings is 1. The van der Waals surface area contributed by atoms with E-state index < -0.39 is 16.8 Å². The predicted molar refractivity (Wildman–Crippen MR) is 69.9 cm³/mol. The summed E-state index contributed by atoms with van der Waals surface area (Å²) in [6, 6.07) is 9.61. The molecule has 0 aliphatic heterocycles. The van der Waals surface area contributed by atoms with Gasteiger partial charge in [0.15, 0.2) is 5.41 Å². The van der Waals surface area contributed by atoms with Gasteiger partial charge in [0.2, 0.25) is 0 Å². The molecule has 96 valence electrons. The number of hydrogen-bond acceptors (Lipinski definition) is 3. The van der Waals surface area contributed by atoms with E-state index in [-0.39, 0.29) is 0 Å². The summed E-state index contributed by atoms with van der Waals surface area (Å²) in [6.45, 7) is 7.57. The molecule has 0 saturated heterocycles. The molecule has 3 nitrogen and oxygen atoms in total. The van der Waals surface area contributed by atoms with Gasteiger partial charge in [0, 0.05) is 0 Å². The van der Waals surface area contributed by atoms with Crippen molar-refractivity contribution in [2.75, 3.05) is 7.11 Å². The Hall–Kier alpha value is -1.82. The minimum absolute atomic E-state index is 0.513. The molecule has 0 bridgehead atoms. The van der Waals surface area contributed by atoms with Crippen molar-refractivity contribution in [1.82, 2.24) is 0 Å². The second kappa shape index (κ2) is 4.81. The van der Waals surface area contributed by atoms with Crippen LogP contribution in [0.5, 0.6) is 0 Å². The molecule has 0 aromatic heterocycles. The zero-order chi connectivity index (χ0) is 14.0. The number of carbonyl (C=O) groups is 1. The zero-order valence-corrected chi connectivity index (χ0v) is 11.6. The van der Waals surface area contributed by atoms with Crippen molar-refractivity contribution < 1.29 is 9.53 Å². The Kier molecular flexibility index (Phi) is 3.81. The van der Waals surface area contributed by atoms with Gasteiger partial charge >= 0.3 is 5.97 Å². The normalized spacial score (nSPS) is 14.4. The molecule has 1 aromatic carbocycles. The largest absolute Gasteiger partial charge is 0.468 e. The van der Waals surface area contributed by atoms with E-state index in [2.05, 4.69) is 6.07 Å². The fourth-order valence-electron chi connectivity index (χ4n) is 2.09. The lowest BCUT2D eigenvalue weighted by atomic mass is 9.63. The van der Waals surface area contributed by atoms with Gasteiger partial charge in [0.25, 0.3) is 0 Å². The van der Waals surface area contributed by atoms with Crippen LogP contribution < -0.4 is 0 Å². The van der Waals surface area contributed by atoms with Crippen molar-refractivity contribution in [3.63, 3.8) is 0 Å². The topological polar surface area (TPSA) is 50.1 Å². The highest BCUT2D eigenvalue weighted by Crippen LogP contribution is 2.42. The van der Waals surface area contributed by atoms with Crippen LogP contribution in [0.1, 0.15) is 31.9 Å². The van der Waals surface area contributed by atoms with E-state index in [4.69, 9.17) is 4.74 Å². The van der Waals surface area contributed by atoms with Gasteiger partial charge < -0.3 is 4.74 Å². The lowest BCUT2D eigenvalue weighted by Gasteiger charge is -2.36. The molecule has 0 aliphatic rings. The summed E-state index contributed by atoms with van der Waals surface area (Å²) in [5, 5.41) is 9.59. The molecule has 0 aliphatic carbocycles. The Morgan fingerprint density at radius 1 is 1.22 bits per heavy atom. The van der Waals surface area contributed by atoms with Crippen molar-refractivity contribution in [3.8, 4) is 6.07 Å². The smallest absolute Gasteiger partial charge is 0.331 e. The molecular formula is C15H19NO2. The van der Waals surface area contributed by atoms with E-state index in [0.717, 1.165) is 5.56 Å². The van der Waals surface area contributed by atoms with Gasteiger partial charge in [-0.05, 0) is 17.9 Å². The Balaban J connectivity index is 3.52. The van der Waals surface area contributed by atoms with Crippen molar-refractivity contribution in [3.05, 3.63) is 35.4 Å². The van der Waals surface area contributed by atoms with Crippen LogP contribution in [0.3, 0.4) is 0 Å². The summed E-state index contributed by atoms with van der Waals surface area (Å²) >= 11 is 0. The van der Waals surface area contributed by atoms with E-state index in [9.17, 15) is 10.1 Å². The quantitative estimate of drug-likeness (QED) is 0.753. The second-order valence-electron chi connectivity index (χ2n) is 5.47. The van der Waals surface area contributed by atoms with Crippen LogP contribution in [0.15, 0.2) is 24.3 Å². The van der Waals surface area contributed by atoms with E-state index >= 15 is 0 Å². The first kappa shape index (κ1) is 14.2. The highest BCUT2D eigenvalue weighted by Gasteiger charge is 2.51. The number of aryl methyl sites for hydroxylation is 1. The maximum absolute atomic E-state index is 12.2. The maximum atomic E-state index is 12.2. The number of nitrogens with zero attached hydrogens (tertiary/aromatic N) is 1. The maximum Gasteiger partial charge on any atom is 0.331 e. The number of esters is 1. The average molecular weight is 245 g/mol. The van der Waals surface area contributed by atoms with E-state index in [1.165, 1.54) is 7.11 Å². The molecule has 1 atom stereocenters. The fourth-order valence-corrected chi connectivity index (χ4v) is 2.09. The van der Waals surface area contributed by atoms with Gasteiger partial charge in [-0.2, -0.15) is 5.26 Å². The molecule has 18 heavy (non-hydrogen) atoms. The summed E-state index contributed by atoms with van der Waals surface area (Å²) < 4.78 is 4.86. The molecule has 0 spiro atoms. The second-order valence-corrected chi connectivity index (χ2v) is 5.47. The summed E-state index contributed by atoms with van der Waals surface area (Å²) in [5.74, 6) is -0.513. The van der Waals surface area contributed by atoms with Crippen LogP contribution in [-0.2, 0) is 14.9 Å². The van der Waals surface area contributed by atoms with Gasteiger partial charge in [-0.1, -0.05) is 50.6 Å². The third-order valence-electron chi connectivity index (χ3n) is 3.27. The monoisotopic (exact) mass is 245 g/mol. The molecule has 3 heteroatoms.